The monoisotopic (exact) mass is 365 g/mol. The average Bonchev–Trinajstić information content (AvgIpc) is 2.87. The minimum absolute atomic E-state index is 0.239. The zero-order valence-electron chi connectivity index (χ0n) is 10.4. The van der Waals surface area contributed by atoms with Crippen LogP contribution in [0.1, 0.15) is 9.67 Å². The van der Waals surface area contributed by atoms with Crippen LogP contribution < -0.4 is 16.4 Å². The van der Waals surface area contributed by atoms with Crippen LogP contribution >= 0.6 is 27.3 Å². The van der Waals surface area contributed by atoms with Gasteiger partial charge in [-0.05, 0) is 46.3 Å². The molecule has 0 aliphatic rings. The van der Waals surface area contributed by atoms with Gasteiger partial charge < -0.3 is 15.3 Å². The highest BCUT2D eigenvalue weighted by atomic mass is 79.9. The van der Waals surface area contributed by atoms with Gasteiger partial charge in [-0.3, -0.25) is 14.4 Å². The molecule has 1 aromatic carbocycles. The molecule has 0 saturated heterocycles. The summed E-state index contributed by atoms with van der Waals surface area (Å²) >= 11 is 4.62. The molecule has 1 amide bonds. The van der Waals surface area contributed by atoms with E-state index in [1.807, 2.05) is 0 Å². The van der Waals surface area contributed by atoms with E-state index >= 15 is 0 Å². The predicted molar refractivity (Wildman–Crippen MR) is 85.2 cm³/mol. The molecule has 0 aliphatic heterocycles. The maximum atomic E-state index is 12.0. The molecule has 21 heavy (non-hydrogen) atoms. The Labute approximate surface area is 130 Å². The van der Waals surface area contributed by atoms with Crippen LogP contribution in [-0.2, 0) is 0 Å². The van der Waals surface area contributed by atoms with Crippen molar-refractivity contribution in [3.63, 3.8) is 0 Å². The highest BCUT2D eigenvalue weighted by molar-refractivity contribution is 9.11. The summed E-state index contributed by atoms with van der Waals surface area (Å²) in [6.45, 7) is 0. The lowest BCUT2D eigenvalue weighted by Gasteiger charge is -2.05. The summed E-state index contributed by atoms with van der Waals surface area (Å²) in [5, 5.41) is 2.73. The normalized spacial score (nSPS) is 10.7. The van der Waals surface area contributed by atoms with Crippen LogP contribution in [0.15, 0.2) is 43.7 Å². The highest BCUT2D eigenvalue weighted by Crippen LogP contribution is 2.23. The molecule has 106 valence electrons. The van der Waals surface area contributed by atoms with Crippen molar-refractivity contribution in [3.8, 4) is 0 Å². The van der Waals surface area contributed by atoms with E-state index in [4.69, 9.17) is 0 Å². The number of anilines is 1. The topological polar surface area (TPSA) is 94.8 Å². The van der Waals surface area contributed by atoms with Crippen molar-refractivity contribution in [2.45, 2.75) is 0 Å². The van der Waals surface area contributed by atoms with E-state index in [-0.39, 0.29) is 5.91 Å². The second kappa shape index (κ2) is 5.30. The Morgan fingerprint density at radius 2 is 1.76 bits per heavy atom. The summed E-state index contributed by atoms with van der Waals surface area (Å²) in [5.74, 6) is -0.239. The molecule has 0 aliphatic carbocycles. The molecular formula is C13H8BrN3O3S. The van der Waals surface area contributed by atoms with Crippen LogP contribution in [-0.4, -0.2) is 15.9 Å². The van der Waals surface area contributed by atoms with E-state index in [2.05, 4.69) is 31.2 Å². The average molecular weight is 366 g/mol. The smallest absolute Gasteiger partial charge is 0.314 e. The van der Waals surface area contributed by atoms with Crippen molar-refractivity contribution in [1.29, 1.82) is 0 Å². The van der Waals surface area contributed by atoms with Gasteiger partial charge in [0.1, 0.15) is 0 Å². The highest BCUT2D eigenvalue weighted by Gasteiger charge is 2.09. The third-order valence-corrected chi connectivity index (χ3v) is 4.40. The zero-order chi connectivity index (χ0) is 15.0. The maximum Gasteiger partial charge on any atom is 0.314 e. The number of hydrogen-bond acceptors (Lipinski definition) is 4. The molecule has 0 atom stereocenters. The van der Waals surface area contributed by atoms with E-state index in [0.717, 1.165) is 3.79 Å². The van der Waals surface area contributed by atoms with Crippen molar-refractivity contribution < 1.29 is 4.79 Å². The Morgan fingerprint density at radius 1 is 1.05 bits per heavy atom. The summed E-state index contributed by atoms with van der Waals surface area (Å²) in [4.78, 5) is 40.0. The lowest BCUT2D eigenvalue weighted by Crippen LogP contribution is -2.28. The number of H-pyrrole nitrogens is 2. The van der Waals surface area contributed by atoms with Gasteiger partial charge >= 0.3 is 11.1 Å². The van der Waals surface area contributed by atoms with Crippen molar-refractivity contribution in [2.24, 2.45) is 0 Å². The SMILES string of the molecule is O=C(Nc1ccc2[nH]c(=O)c(=O)[nH]c2c1)c1ccc(Br)s1. The first-order valence-corrected chi connectivity index (χ1v) is 7.47. The number of amides is 1. The third kappa shape index (κ3) is 2.81. The molecule has 0 saturated carbocycles. The number of aromatic amines is 2. The molecule has 3 N–H and O–H groups in total. The summed E-state index contributed by atoms with van der Waals surface area (Å²) in [5.41, 5.74) is 0.0387. The van der Waals surface area contributed by atoms with E-state index < -0.39 is 11.1 Å². The van der Waals surface area contributed by atoms with E-state index in [1.165, 1.54) is 11.3 Å². The Balaban J connectivity index is 1.94. The number of nitrogens with one attached hydrogen (secondary N) is 3. The van der Waals surface area contributed by atoms with Gasteiger partial charge in [-0.2, -0.15) is 0 Å². The molecular weight excluding hydrogens is 358 g/mol. The van der Waals surface area contributed by atoms with Crippen LogP contribution in [0.25, 0.3) is 11.0 Å². The molecule has 2 heterocycles. The van der Waals surface area contributed by atoms with Gasteiger partial charge in [0.25, 0.3) is 5.91 Å². The number of rotatable bonds is 2. The second-order valence-electron chi connectivity index (χ2n) is 4.23. The minimum Gasteiger partial charge on any atom is -0.321 e. The molecule has 0 fully saturated rings. The van der Waals surface area contributed by atoms with Gasteiger partial charge in [-0.25, -0.2) is 0 Å². The number of carbonyl (C=O) groups excluding carboxylic acids is 1. The van der Waals surface area contributed by atoms with Crippen molar-refractivity contribution in [1.82, 2.24) is 9.97 Å². The number of thiophene rings is 1. The second-order valence-corrected chi connectivity index (χ2v) is 6.69. The lowest BCUT2D eigenvalue weighted by atomic mass is 10.2. The van der Waals surface area contributed by atoms with E-state index in [0.29, 0.717) is 21.6 Å². The summed E-state index contributed by atoms with van der Waals surface area (Å²) in [7, 11) is 0. The zero-order valence-corrected chi connectivity index (χ0v) is 12.8. The fourth-order valence-corrected chi connectivity index (χ4v) is 3.10. The minimum atomic E-state index is -0.729. The van der Waals surface area contributed by atoms with Crippen molar-refractivity contribution >= 4 is 49.9 Å². The number of hydrogen-bond donors (Lipinski definition) is 3. The first-order chi connectivity index (χ1) is 10.0. The van der Waals surface area contributed by atoms with Crippen LogP contribution in [0, 0.1) is 0 Å². The summed E-state index contributed by atoms with van der Waals surface area (Å²) < 4.78 is 0.869. The number of carbonyl (C=O) groups is 1. The lowest BCUT2D eigenvalue weighted by molar-refractivity contribution is 0.103. The predicted octanol–water partition coefficient (Wildman–Crippen LogP) is 2.29. The van der Waals surface area contributed by atoms with Gasteiger partial charge in [-0.1, -0.05) is 0 Å². The van der Waals surface area contributed by atoms with Gasteiger partial charge in [-0.15, -0.1) is 11.3 Å². The first-order valence-electron chi connectivity index (χ1n) is 5.86. The maximum absolute atomic E-state index is 12.0. The molecule has 6 nitrogen and oxygen atoms in total. The van der Waals surface area contributed by atoms with E-state index in [1.54, 1.807) is 30.3 Å². The van der Waals surface area contributed by atoms with Gasteiger partial charge in [0, 0.05) is 5.69 Å². The Bertz CT molecular complexity index is 957. The van der Waals surface area contributed by atoms with E-state index in [9.17, 15) is 14.4 Å². The summed E-state index contributed by atoms with van der Waals surface area (Å²) in [6.07, 6.45) is 0. The molecule has 2 aromatic heterocycles. The summed E-state index contributed by atoms with van der Waals surface area (Å²) in [6, 6.07) is 8.36. The van der Waals surface area contributed by atoms with Gasteiger partial charge in [0.15, 0.2) is 0 Å². The largest absolute Gasteiger partial charge is 0.321 e. The molecule has 0 bridgehead atoms. The molecule has 0 radical (unpaired) electrons. The molecule has 3 aromatic rings. The first kappa shape index (κ1) is 13.8. The Morgan fingerprint density at radius 3 is 2.43 bits per heavy atom. The number of aromatic nitrogens is 2. The van der Waals surface area contributed by atoms with Crippen molar-refractivity contribution in [2.75, 3.05) is 5.32 Å². The fraction of sp³-hybridized carbons (Fsp3) is 0. The van der Waals surface area contributed by atoms with Crippen LogP contribution in [0.4, 0.5) is 5.69 Å². The molecule has 3 rings (SSSR count). The Kier molecular flexibility index (Phi) is 3.48. The number of benzene rings is 1. The number of halogens is 1. The molecule has 8 heteroatoms. The van der Waals surface area contributed by atoms with Crippen LogP contribution in [0.5, 0.6) is 0 Å². The van der Waals surface area contributed by atoms with Gasteiger partial charge in [0.2, 0.25) is 0 Å². The third-order valence-electron chi connectivity index (χ3n) is 2.78. The Hall–Kier alpha value is -2.19. The molecule has 0 unspecified atom stereocenters. The van der Waals surface area contributed by atoms with Gasteiger partial charge in [0.05, 0.1) is 19.7 Å². The number of fused-ring (bicyclic) bond motifs is 1. The van der Waals surface area contributed by atoms with Crippen LogP contribution in [0.3, 0.4) is 0 Å². The standard InChI is InChI=1S/C13H8BrN3O3S/c14-10-4-3-9(21-10)11(18)15-6-1-2-7-8(5-6)17-13(20)12(19)16-7/h1-5H,(H,15,18)(H,16,19)(H,17,20). The van der Waals surface area contributed by atoms with Crippen LogP contribution in [0.2, 0.25) is 0 Å². The quantitative estimate of drug-likeness (QED) is 0.608. The van der Waals surface area contributed by atoms with Crippen molar-refractivity contribution in [3.05, 3.63) is 59.7 Å². The molecule has 0 spiro atoms. The fourth-order valence-electron chi connectivity index (χ4n) is 1.82.